The zero-order chi connectivity index (χ0) is 18.5. The number of benzene rings is 2. The van der Waals surface area contributed by atoms with Crippen molar-refractivity contribution in [1.82, 2.24) is 4.98 Å². The van der Waals surface area contributed by atoms with Crippen LogP contribution in [0.3, 0.4) is 0 Å². The van der Waals surface area contributed by atoms with Crippen LogP contribution < -0.4 is 5.32 Å². The molecule has 1 N–H and O–H groups in total. The molecule has 1 heterocycles. The first-order valence-corrected chi connectivity index (χ1v) is 10.5. The van der Waals surface area contributed by atoms with Crippen molar-refractivity contribution in [3.05, 3.63) is 64.0 Å². The van der Waals surface area contributed by atoms with Gasteiger partial charge in [0.05, 0.1) is 11.4 Å². The Morgan fingerprint density at radius 1 is 1.23 bits per heavy atom. The largest absolute Gasteiger partial charge is 0.325 e. The molecule has 0 saturated heterocycles. The van der Waals surface area contributed by atoms with E-state index in [1.807, 2.05) is 48.7 Å². The van der Waals surface area contributed by atoms with Crippen LogP contribution in [0.25, 0.3) is 11.3 Å². The molecule has 6 heteroatoms. The number of nitrogens with zero attached hydrogens (tertiary/aromatic N) is 1. The number of amides is 1. The van der Waals surface area contributed by atoms with E-state index < -0.39 is 0 Å². The van der Waals surface area contributed by atoms with E-state index >= 15 is 0 Å². The summed E-state index contributed by atoms with van der Waals surface area (Å²) in [6.07, 6.45) is 0.890. The highest BCUT2D eigenvalue weighted by atomic mass is 35.5. The van der Waals surface area contributed by atoms with Gasteiger partial charge in [-0.25, -0.2) is 4.98 Å². The van der Waals surface area contributed by atoms with Gasteiger partial charge in [0.15, 0.2) is 4.34 Å². The Morgan fingerprint density at radius 3 is 2.73 bits per heavy atom. The topological polar surface area (TPSA) is 42.0 Å². The zero-order valence-corrected chi connectivity index (χ0v) is 17.0. The highest BCUT2D eigenvalue weighted by Gasteiger charge is 2.11. The molecule has 3 rings (SSSR count). The molecule has 134 valence electrons. The maximum atomic E-state index is 12.4. The molecule has 0 aliphatic heterocycles. The molecule has 0 unspecified atom stereocenters. The van der Waals surface area contributed by atoms with Crippen molar-refractivity contribution in [2.24, 2.45) is 0 Å². The first kappa shape index (κ1) is 19.0. The Morgan fingerprint density at radius 2 is 2.00 bits per heavy atom. The van der Waals surface area contributed by atoms with Crippen LogP contribution in [-0.4, -0.2) is 16.6 Å². The fraction of sp³-hybridized carbons (Fsp3) is 0.200. The van der Waals surface area contributed by atoms with Crippen molar-refractivity contribution >= 4 is 46.3 Å². The maximum absolute atomic E-state index is 12.4. The van der Waals surface area contributed by atoms with Crippen molar-refractivity contribution in [3.8, 4) is 11.3 Å². The van der Waals surface area contributed by atoms with Gasteiger partial charge in [-0.2, -0.15) is 0 Å². The van der Waals surface area contributed by atoms with Gasteiger partial charge in [-0.15, -0.1) is 11.3 Å². The smallest absolute Gasteiger partial charge is 0.234 e. The van der Waals surface area contributed by atoms with Crippen LogP contribution in [0.15, 0.2) is 52.2 Å². The van der Waals surface area contributed by atoms with E-state index in [1.54, 1.807) is 11.3 Å². The molecular formula is C20H19ClN2OS2. The fourth-order valence-corrected chi connectivity index (χ4v) is 4.34. The lowest BCUT2D eigenvalue weighted by atomic mass is 10.1. The number of para-hydroxylation sites is 1. The van der Waals surface area contributed by atoms with Gasteiger partial charge in [0.25, 0.3) is 0 Å². The number of rotatable bonds is 6. The summed E-state index contributed by atoms with van der Waals surface area (Å²) in [5.74, 6) is 0.327. The Hall–Kier alpha value is -1.82. The molecule has 0 spiro atoms. The molecule has 1 amide bonds. The van der Waals surface area contributed by atoms with E-state index in [1.165, 1.54) is 11.8 Å². The van der Waals surface area contributed by atoms with Crippen LogP contribution in [0.2, 0.25) is 5.02 Å². The van der Waals surface area contributed by atoms with Gasteiger partial charge in [-0.1, -0.05) is 60.6 Å². The molecule has 0 aliphatic carbocycles. The van der Waals surface area contributed by atoms with Gasteiger partial charge >= 0.3 is 0 Å². The first-order valence-electron chi connectivity index (χ1n) is 8.29. The number of aryl methyl sites for hydroxylation is 2. The van der Waals surface area contributed by atoms with Gasteiger partial charge in [0.2, 0.25) is 5.91 Å². The molecule has 0 radical (unpaired) electrons. The van der Waals surface area contributed by atoms with Gasteiger partial charge in [0, 0.05) is 21.7 Å². The maximum Gasteiger partial charge on any atom is 0.234 e. The van der Waals surface area contributed by atoms with E-state index in [-0.39, 0.29) is 5.91 Å². The predicted molar refractivity (Wildman–Crippen MR) is 112 cm³/mol. The number of thioether (sulfide) groups is 1. The van der Waals surface area contributed by atoms with Crippen molar-refractivity contribution in [1.29, 1.82) is 0 Å². The second kappa shape index (κ2) is 8.71. The number of hydrogen-bond donors (Lipinski definition) is 1. The molecule has 0 atom stereocenters. The second-order valence-electron chi connectivity index (χ2n) is 5.80. The summed E-state index contributed by atoms with van der Waals surface area (Å²) in [5.41, 5.74) is 5.10. The van der Waals surface area contributed by atoms with Crippen LogP contribution in [0.4, 0.5) is 5.69 Å². The minimum absolute atomic E-state index is 0.0118. The average molecular weight is 403 g/mol. The summed E-state index contributed by atoms with van der Waals surface area (Å²) >= 11 is 8.92. The van der Waals surface area contributed by atoms with Crippen molar-refractivity contribution in [2.45, 2.75) is 24.6 Å². The number of hydrogen-bond acceptors (Lipinski definition) is 4. The molecular weight excluding hydrogens is 384 g/mol. The van der Waals surface area contributed by atoms with Gasteiger partial charge in [-0.3, -0.25) is 4.79 Å². The summed E-state index contributed by atoms with van der Waals surface area (Å²) in [7, 11) is 0. The number of carbonyl (C=O) groups excluding carboxylic acids is 1. The van der Waals surface area contributed by atoms with E-state index in [0.717, 1.165) is 38.8 Å². The highest BCUT2D eigenvalue weighted by molar-refractivity contribution is 8.01. The summed E-state index contributed by atoms with van der Waals surface area (Å²) in [4.78, 5) is 16.9. The normalized spacial score (nSPS) is 10.7. The second-order valence-corrected chi connectivity index (χ2v) is 8.32. The Kier molecular flexibility index (Phi) is 6.35. The lowest BCUT2D eigenvalue weighted by molar-refractivity contribution is -0.113. The van der Waals surface area contributed by atoms with Gasteiger partial charge < -0.3 is 5.32 Å². The Balaban J connectivity index is 1.61. The van der Waals surface area contributed by atoms with Gasteiger partial charge in [-0.05, 0) is 36.6 Å². The average Bonchev–Trinajstić information content (AvgIpc) is 3.11. The van der Waals surface area contributed by atoms with Gasteiger partial charge in [0.1, 0.15) is 0 Å². The standard InChI is InChI=1S/C20H19ClN2OS2/c1-3-14-6-4-5-13(2)19(14)23-18(24)12-26-20-22-17(11-25-20)15-7-9-16(21)10-8-15/h4-11H,3,12H2,1-2H3,(H,23,24). The molecule has 0 fully saturated rings. The van der Waals surface area contributed by atoms with Crippen LogP contribution in [0.5, 0.6) is 0 Å². The molecule has 0 saturated carbocycles. The summed E-state index contributed by atoms with van der Waals surface area (Å²) in [6, 6.07) is 13.7. The lowest BCUT2D eigenvalue weighted by Crippen LogP contribution is -2.16. The van der Waals surface area contributed by atoms with E-state index in [4.69, 9.17) is 11.6 Å². The number of aromatic nitrogens is 1. The SMILES string of the molecule is CCc1cccc(C)c1NC(=O)CSc1nc(-c2ccc(Cl)cc2)cs1. The number of thiazole rings is 1. The summed E-state index contributed by atoms with van der Waals surface area (Å²) in [5, 5.41) is 5.75. The Labute approximate surface area is 166 Å². The monoisotopic (exact) mass is 402 g/mol. The summed E-state index contributed by atoms with van der Waals surface area (Å²) in [6.45, 7) is 4.11. The number of anilines is 1. The van der Waals surface area contributed by atoms with Crippen LogP contribution in [-0.2, 0) is 11.2 Å². The minimum atomic E-state index is -0.0118. The molecule has 0 aliphatic rings. The third-order valence-corrected chi connectivity index (χ3v) is 6.23. The van der Waals surface area contributed by atoms with Crippen molar-refractivity contribution in [3.63, 3.8) is 0 Å². The molecule has 1 aromatic heterocycles. The van der Waals surface area contributed by atoms with E-state index in [2.05, 4.69) is 23.3 Å². The fourth-order valence-electron chi connectivity index (χ4n) is 2.58. The highest BCUT2D eigenvalue weighted by Crippen LogP contribution is 2.29. The minimum Gasteiger partial charge on any atom is -0.325 e. The van der Waals surface area contributed by atoms with Crippen LogP contribution in [0, 0.1) is 6.92 Å². The lowest BCUT2D eigenvalue weighted by Gasteiger charge is -2.12. The van der Waals surface area contributed by atoms with E-state index in [9.17, 15) is 4.79 Å². The zero-order valence-electron chi connectivity index (χ0n) is 14.6. The molecule has 26 heavy (non-hydrogen) atoms. The third kappa shape index (κ3) is 4.67. The molecule has 3 aromatic rings. The van der Waals surface area contributed by atoms with Crippen LogP contribution in [0.1, 0.15) is 18.1 Å². The predicted octanol–water partition coefficient (Wildman–Crippen LogP) is 6.07. The van der Waals surface area contributed by atoms with E-state index in [0.29, 0.717) is 10.8 Å². The number of halogens is 1. The molecule has 3 nitrogen and oxygen atoms in total. The molecule has 0 bridgehead atoms. The van der Waals surface area contributed by atoms with Crippen molar-refractivity contribution in [2.75, 3.05) is 11.1 Å². The summed E-state index contributed by atoms with van der Waals surface area (Å²) < 4.78 is 0.880. The first-order chi connectivity index (χ1) is 12.6. The number of nitrogens with one attached hydrogen (secondary N) is 1. The van der Waals surface area contributed by atoms with Crippen LogP contribution >= 0.6 is 34.7 Å². The number of carbonyl (C=O) groups is 1. The third-order valence-electron chi connectivity index (χ3n) is 3.95. The van der Waals surface area contributed by atoms with Crippen molar-refractivity contribution < 1.29 is 4.79 Å². The quantitative estimate of drug-likeness (QED) is 0.509. The Bertz CT molecular complexity index is 906. The molecule has 2 aromatic carbocycles.